The summed E-state index contributed by atoms with van der Waals surface area (Å²) in [6.45, 7) is 2.95. The second-order valence-corrected chi connectivity index (χ2v) is 9.64. The van der Waals surface area contributed by atoms with E-state index >= 15 is 0 Å². The van der Waals surface area contributed by atoms with Crippen molar-refractivity contribution in [2.45, 2.75) is 32.9 Å². The number of aliphatic carboxylic acids is 1. The van der Waals surface area contributed by atoms with E-state index in [1.165, 1.54) is 38.1 Å². The van der Waals surface area contributed by atoms with Gasteiger partial charge in [0.05, 0.1) is 0 Å². The molecule has 37 heavy (non-hydrogen) atoms. The largest absolute Gasteiger partial charge is 0.508 e. The van der Waals surface area contributed by atoms with Crippen LogP contribution in [0.5, 0.6) is 11.5 Å². The topological polar surface area (TPSA) is 125 Å². The highest BCUT2D eigenvalue weighted by atomic mass is 35.5. The summed E-state index contributed by atoms with van der Waals surface area (Å²) in [7, 11) is 0. The number of hydrogen-bond donors (Lipinski definition) is 4. The molecule has 3 aromatic rings. The molecule has 0 saturated heterocycles. The van der Waals surface area contributed by atoms with Gasteiger partial charge in [0.2, 0.25) is 11.8 Å². The Labute approximate surface area is 224 Å². The van der Waals surface area contributed by atoms with Gasteiger partial charge in [-0.15, -0.1) is 0 Å². The average Bonchev–Trinajstić information content (AvgIpc) is 2.85. The lowest BCUT2D eigenvalue weighted by molar-refractivity contribution is -0.145. The first kappa shape index (κ1) is 27.8. The van der Waals surface area contributed by atoms with Gasteiger partial charge < -0.3 is 25.6 Å². The van der Waals surface area contributed by atoms with E-state index in [0.717, 1.165) is 0 Å². The van der Waals surface area contributed by atoms with E-state index in [1.807, 2.05) is 0 Å². The Balaban J connectivity index is 1.61. The number of nitrogens with one attached hydrogen (secondary N) is 2. The molecule has 0 aliphatic rings. The number of rotatable bonds is 10. The van der Waals surface area contributed by atoms with Crippen molar-refractivity contribution in [1.29, 1.82) is 0 Å². The number of hydrogen-bond acceptors (Lipinski definition) is 5. The number of carbonyl (C=O) groups excluding carboxylic acids is 2. The van der Waals surface area contributed by atoms with Gasteiger partial charge in [0.25, 0.3) is 0 Å². The molecule has 0 bridgehead atoms. The zero-order chi connectivity index (χ0) is 27.2. The number of carboxylic acids is 1. The summed E-state index contributed by atoms with van der Waals surface area (Å²) in [5.74, 6) is -2.05. The molecular weight excluding hydrogens is 519 g/mol. The predicted molar refractivity (Wildman–Crippen MR) is 141 cm³/mol. The van der Waals surface area contributed by atoms with Crippen molar-refractivity contribution >= 4 is 46.7 Å². The van der Waals surface area contributed by atoms with Crippen LogP contribution in [-0.4, -0.2) is 34.0 Å². The van der Waals surface area contributed by atoms with Gasteiger partial charge in [-0.25, -0.2) is 4.79 Å². The van der Waals surface area contributed by atoms with Crippen molar-refractivity contribution in [3.63, 3.8) is 0 Å². The van der Waals surface area contributed by atoms with E-state index in [1.54, 1.807) is 42.5 Å². The number of anilines is 1. The number of phenolic OH excluding ortho intramolecular Hbond substituents is 1. The zero-order valence-corrected chi connectivity index (χ0v) is 21.6. The van der Waals surface area contributed by atoms with Gasteiger partial charge in [0, 0.05) is 27.7 Å². The fraction of sp³-hybridized carbons (Fsp3) is 0.222. The maximum atomic E-state index is 12.9. The lowest BCUT2D eigenvalue weighted by Crippen LogP contribution is -2.51. The highest BCUT2D eigenvalue weighted by Crippen LogP contribution is 2.26. The van der Waals surface area contributed by atoms with Crippen LogP contribution in [0.4, 0.5) is 5.69 Å². The standard InChI is InChI=1S/C27H26Cl2N2O6/c1-27(2,25(35)30-17-8-10-18(32)11-9-17)26(36)31-23(24(33)34)14-16-6-12-19(13-7-16)37-15-20-21(28)4-3-5-22(20)29/h3-13,23,32H,14-15H2,1-2H3,(H,30,35)(H,31,36)(H,33,34)/t23-/m0/s1. The molecule has 0 unspecified atom stereocenters. The van der Waals surface area contributed by atoms with Crippen molar-refractivity contribution in [3.05, 3.63) is 87.9 Å². The molecule has 0 fully saturated rings. The molecule has 8 nitrogen and oxygen atoms in total. The van der Waals surface area contributed by atoms with E-state index in [9.17, 15) is 24.6 Å². The SMILES string of the molecule is CC(C)(C(=O)Nc1ccc(O)cc1)C(=O)N[C@@H](Cc1ccc(OCc2c(Cl)cccc2Cl)cc1)C(=O)O. The smallest absolute Gasteiger partial charge is 0.326 e. The number of amides is 2. The number of phenols is 1. The molecule has 0 aliphatic heterocycles. The molecule has 1 atom stereocenters. The van der Waals surface area contributed by atoms with Gasteiger partial charge in [-0.3, -0.25) is 9.59 Å². The average molecular weight is 545 g/mol. The first-order valence-corrected chi connectivity index (χ1v) is 12.0. The van der Waals surface area contributed by atoms with Crippen molar-refractivity contribution in [1.82, 2.24) is 5.32 Å². The lowest BCUT2D eigenvalue weighted by Gasteiger charge is -2.25. The van der Waals surface area contributed by atoms with Gasteiger partial charge in [-0.05, 0) is 67.9 Å². The van der Waals surface area contributed by atoms with Gasteiger partial charge in [-0.1, -0.05) is 41.4 Å². The monoisotopic (exact) mass is 544 g/mol. The molecule has 0 heterocycles. The second kappa shape index (κ2) is 12.0. The lowest BCUT2D eigenvalue weighted by atomic mass is 9.90. The maximum Gasteiger partial charge on any atom is 0.326 e. The molecule has 0 aromatic heterocycles. The fourth-order valence-corrected chi connectivity index (χ4v) is 3.76. The Morgan fingerprint density at radius 3 is 2.08 bits per heavy atom. The number of carbonyl (C=O) groups is 3. The van der Waals surface area contributed by atoms with Gasteiger partial charge in [0.15, 0.2) is 0 Å². The Morgan fingerprint density at radius 1 is 0.919 bits per heavy atom. The van der Waals surface area contributed by atoms with E-state index < -0.39 is 29.2 Å². The minimum atomic E-state index is -1.57. The molecule has 3 aromatic carbocycles. The number of carboxylic acid groups (broad SMARTS) is 1. The van der Waals surface area contributed by atoms with Crippen LogP contribution in [0.15, 0.2) is 66.7 Å². The minimum Gasteiger partial charge on any atom is -0.508 e. The molecule has 10 heteroatoms. The maximum absolute atomic E-state index is 12.9. The fourth-order valence-electron chi connectivity index (χ4n) is 3.26. The van der Waals surface area contributed by atoms with Crippen LogP contribution in [0.2, 0.25) is 10.0 Å². The normalized spacial score (nSPS) is 11.9. The summed E-state index contributed by atoms with van der Waals surface area (Å²) in [4.78, 5) is 37.4. The van der Waals surface area contributed by atoms with E-state index in [4.69, 9.17) is 27.9 Å². The summed E-state index contributed by atoms with van der Waals surface area (Å²) in [5, 5.41) is 25.1. The summed E-state index contributed by atoms with van der Waals surface area (Å²) in [6.07, 6.45) is -0.00659. The van der Waals surface area contributed by atoms with Crippen molar-refractivity contribution < 1.29 is 29.3 Å². The first-order chi connectivity index (χ1) is 17.5. The Hall–Kier alpha value is -3.75. The van der Waals surface area contributed by atoms with Gasteiger partial charge in [-0.2, -0.15) is 0 Å². The van der Waals surface area contributed by atoms with Crippen LogP contribution in [0, 0.1) is 5.41 Å². The van der Waals surface area contributed by atoms with Crippen LogP contribution in [0.25, 0.3) is 0 Å². The first-order valence-electron chi connectivity index (χ1n) is 11.3. The molecule has 0 saturated carbocycles. The van der Waals surface area contributed by atoms with Crippen LogP contribution >= 0.6 is 23.2 Å². The Bertz CT molecular complexity index is 1260. The molecule has 0 spiro atoms. The van der Waals surface area contributed by atoms with Crippen LogP contribution in [0.3, 0.4) is 0 Å². The van der Waals surface area contributed by atoms with Crippen molar-refractivity contribution in [3.8, 4) is 11.5 Å². The third-order valence-corrected chi connectivity index (χ3v) is 6.38. The molecule has 3 rings (SSSR count). The van der Waals surface area contributed by atoms with Crippen molar-refractivity contribution in [2.24, 2.45) is 5.41 Å². The Morgan fingerprint density at radius 2 is 1.51 bits per heavy atom. The number of aromatic hydroxyl groups is 1. The number of halogens is 2. The highest BCUT2D eigenvalue weighted by Gasteiger charge is 2.38. The summed E-state index contributed by atoms with van der Waals surface area (Å²) in [5.41, 5.74) is 0.115. The van der Waals surface area contributed by atoms with Crippen LogP contribution in [0.1, 0.15) is 25.0 Å². The summed E-state index contributed by atoms with van der Waals surface area (Å²) < 4.78 is 5.74. The predicted octanol–water partition coefficient (Wildman–Crippen LogP) is 5.05. The van der Waals surface area contributed by atoms with E-state index in [2.05, 4.69) is 10.6 Å². The molecule has 0 aliphatic carbocycles. The summed E-state index contributed by atoms with van der Waals surface area (Å²) in [6, 6.07) is 16.4. The summed E-state index contributed by atoms with van der Waals surface area (Å²) >= 11 is 12.3. The third kappa shape index (κ3) is 7.38. The number of benzene rings is 3. The third-order valence-electron chi connectivity index (χ3n) is 5.67. The van der Waals surface area contributed by atoms with E-state index in [0.29, 0.717) is 32.6 Å². The van der Waals surface area contributed by atoms with Crippen LogP contribution in [-0.2, 0) is 27.4 Å². The molecule has 0 radical (unpaired) electrons. The quantitative estimate of drug-likeness (QED) is 0.209. The number of ether oxygens (including phenoxy) is 1. The molecular formula is C27H26Cl2N2O6. The molecule has 4 N–H and O–H groups in total. The molecule has 194 valence electrons. The second-order valence-electron chi connectivity index (χ2n) is 8.83. The van der Waals surface area contributed by atoms with Gasteiger partial charge in [0.1, 0.15) is 29.6 Å². The van der Waals surface area contributed by atoms with Gasteiger partial charge >= 0.3 is 5.97 Å². The Kier molecular flexibility index (Phi) is 9.02. The highest BCUT2D eigenvalue weighted by molar-refractivity contribution is 6.35. The zero-order valence-electron chi connectivity index (χ0n) is 20.1. The minimum absolute atomic E-state index is 0.00659. The van der Waals surface area contributed by atoms with Crippen molar-refractivity contribution in [2.75, 3.05) is 5.32 Å². The molecule has 2 amide bonds. The van der Waals surface area contributed by atoms with Crippen LogP contribution < -0.4 is 15.4 Å². The van der Waals surface area contributed by atoms with E-state index in [-0.39, 0.29) is 18.8 Å².